The van der Waals surface area contributed by atoms with Gasteiger partial charge in [-0.25, -0.2) is 8.78 Å². The van der Waals surface area contributed by atoms with Gasteiger partial charge in [-0.05, 0) is 30.3 Å². The average molecular weight is 409 g/mol. The SMILES string of the molecule is O=c1cc(OCc2ccc(F)cn2)ccn1-c1ccc2c3c(oc2c1F)CCNC3. The molecule has 8 heteroatoms. The van der Waals surface area contributed by atoms with Crippen molar-refractivity contribution in [3.63, 3.8) is 0 Å². The molecule has 1 aliphatic heterocycles. The number of rotatable bonds is 4. The van der Waals surface area contributed by atoms with Crippen molar-refractivity contribution in [2.24, 2.45) is 0 Å². The van der Waals surface area contributed by atoms with E-state index in [1.807, 2.05) is 0 Å². The first-order valence-corrected chi connectivity index (χ1v) is 9.50. The van der Waals surface area contributed by atoms with Crippen molar-refractivity contribution >= 4 is 11.0 Å². The molecule has 0 fully saturated rings. The topological polar surface area (TPSA) is 69.3 Å². The summed E-state index contributed by atoms with van der Waals surface area (Å²) in [7, 11) is 0. The zero-order valence-corrected chi connectivity index (χ0v) is 15.8. The van der Waals surface area contributed by atoms with E-state index in [-0.39, 0.29) is 17.9 Å². The van der Waals surface area contributed by atoms with Crippen molar-refractivity contribution in [2.45, 2.75) is 19.6 Å². The maximum absolute atomic E-state index is 15.2. The summed E-state index contributed by atoms with van der Waals surface area (Å²) in [5, 5.41) is 3.97. The van der Waals surface area contributed by atoms with Crippen LogP contribution < -0.4 is 15.6 Å². The summed E-state index contributed by atoms with van der Waals surface area (Å²) in [5.41, 5.74) is 1.31. The van der Waals surface area contributed by atoms with E-state index in [1.165, 1.54) is 29.0 Å². The molecule has 4 aromatic rings. The molecule has 152 valence electrons. The van der Waals surface area contributed by atoms with Crippen LogP contribution in [0.2, 0.25) is 0 Å². The molecular formula is C22H17F2N3O3. The molecule has 0 radical (unpaired) electrons. The van der Waals surface area contributed by atoms with E-state index in [9.17, 15) is 9.18 Å². The summed E-state index contributed by atoms with van der Waals surface area (Å²) < 4.78 is 40.6. The molecule has 3 aromatic heterocycles. The van der Waals surface area contributed by atoms with E-state index < -0.39 is 17.2 Å². The van der Waals surface area contributed by atoms with Crippen LogP contribution >= 0.6 is 0 Å². The summed E-state index contributed by atoms with van der Waals surface area (Å²) in [6.07, 6.45) is 3.25. The second-order valence-electron chi connectivity index (χ2n) is 7.03. The summed E-state index contributed by atoms with van der Waals surface area (Å²) in [4.78, 5) is 16.5. The van der Waals surface area contributed by atoms with Crippen LogP contribution in [0, 0.1) is 11.6 Å². The van der Waals surface area contributed by atoms with Crippen molar-refractivity contribution in [1.82, 2.24) is 14.9 Å². The summed E-state index contributed by atoms with van der Waals surface area (Å²) in [5.74, 6) is 0.0795. The zero-order valence-electron chi connectivity index (χ0n) is 15.8. The molecule has 6 nitrogen and oxygen atoms in total. The van der Waals surface area contributed by atoms with E-state index in [0.717, 1.165) is 29.5 Å². The lowest BCUT2D eigenvalue weighted by Crippen LogP contribution is -2.22. The van der Waals surface area contributed by atoms with Gasteiger partial charge in [0, 0.05) is 42.7 Å². The molecule has 1 aliphatic rings. The van der Waals surface area contributed by atoms with Gasteiger partial charge in [0.2, 0.25) is 0 Å². The van der Waals surface area contributed by atoms with Crippen molar-refractivity contribution in [2.75, 3.05) is 6.54 Å². The molecule has 5 rings (SSSR count). The van der Waals surface area contributed by atoms with Crippen LogP contribution in [-0.2, 0) is 19.6 Å². The molecule has 0 unspecified atom stereocenters. The molecule has 0 bridgehead atoms. The number of benzene rings is 1. The Kier molecular flexibility index (Phi) is 4.55. The Hall–Kier alpha value is -3.52. The first-order valence-electron chi connectivity index (χ1n) is 9.50. The van der Waals surface area contributed by atoms with Gasteiger partial charge in [-0.3, -0.25) is 14.3 Å². The first-order chi connectivity index (χ1) is 14.6. The number of fused-ring (bicyclic) bond motifs is 3. The van der Waals surface area contributed by atoms with Crippen LogP contribution in [0.1, 0.15) is 17.0 Å². The van der Waals surface area contributed by atoms with Gasteiger partial charge in [-0.1, -0.05) is 0 Å². The quantitative estimate of drug-likeness (QED) is 0.559. The third kappa shape index (κ3) is 3.25. The Balaban J connectivity index is 1.44. The molecule has 0 atom stereocenters. The highest BCUT2D eigenvalue weighted by molar-refractivity contribution is 5.85. The molecule has 1 aromatic carbocycles. The van der Waals surface area contributed by atoms with Gasteiger partial charge >= 0.3 is 0 Å². The van der Waals surface area contributed by atoms with Crippen LogP contribution in [0.4, 0.5) is 8.78 Å². The molecule has 30 heavy (non-hydrogen) atoms. The van der Waals surface area contributed by atoms with Crippen LogP contribution in [0.25, 0.3) is 16.7 Å². The van der Waals surface area contributed by atoms with E-state index in [0.29, 0.717) is 24.4 Å². The predicted octanol–water partition coefficient (Wildman–Crippen LogP) is 3.48. The molecular weight excluding hydrogens is 392 g/mol. The van der Waals surface area contributed by atoms with Gasteiger partial charge in [0.05, 0.1) is 17.6 Å². The largest absolute Gasteiger partial charge is 0.487 e. The lowest BCUT2D eigenvalue weighted by atomic mass is 10.1. The van der Waals surface area contributed by atoms with Crippen LogP contribution in [-0.4, -0.2) is 16.1 Å². The third-order valence-electron chi connectivity index (χ3n) is 5.12. The standard InChI is InChI=1S/C22H17F2N3O3/c23-13-1-2-14(26-10-13)12-29-15-6-8-27(20(28)9-15)18-4-3-16-17-11-25-7-5-19(17)30-22(16)21(18)24/h1-4,6,8-10,25H,5,7,11-12H2. The average Bonchev–Trinajstić information content (AvgIpc) is 3.14. The van der Waals surface area contributed by atoms with Gasteiger partial charge < -0.3 is 14.5 Å². The molecule has 0 spiro atoms. The normalized spacial score (nSPS) is 13.4. The van der Waals surface area contributed by atoms with Crippen molar-refractivity contribution < 1.29 is 17.9 Å². The van der Waals surface area contributed by atoms with Gasteiger partial charge in [0.15, 0.2) is 11.4 Å². The van der Waals surface area contributed by atoms with E-state index in [1.54, 1.807) is 18.2 Å². The van der Waals surface area contributed by atoms with Crippen molar-refractivity contribution in [1.29, 1.82) is 0 Å². The fraction of sp³-hybridized carbons (Fsp3) is 0.182. The van der Waals surface area contributed by atoms with Crippen LogP contribution in [0.15, 0.2) is 58.0 Å². The van der Waals surface area contributed by atoms with Crippen molar-refractivity contribution in [3.05, 3.63) is 87.8 Å². The third-order valence-corrected chi connectivity index (χ3v) is 5.12. The second kappa shape index (κ2) is 7.38. The molecule has 0 saturated carbocycles. The van der Waals surface area contributed by atoms with E-state index in [4.69, 9.17) is 9.15 Å². The minimum absolute atomic E-state index is 0.0794. The molecule has 0 amide bonds. The Morgan fingerprint density at radius 2 is 2.10 bits per heavy atom. The number of pyridine rings is 2. The second-order valence-corrected chi connectivity index (χ2v) is 7.03. The Morgan fingerprint density at radius 3 is 2.90 bits per heavy atom. The molecule has 1 N–H and O–H groups in total. The fourth-order valence-electron chi connectivity index (χ4n) is 3.61. The number of nitrogens with one attached hydrogen (secondary N) is 1. The number of aromatic nitrogens is 2. The minimum atomic E-state index is -0.576. The van der Waals surface area contributed by atoms with Gasteiger partial charge in [0.1, 0.15) is 23.9 Å². The Bertz CT molecular complexity index is 1300. The zero-order chi connectivity index (χ0) is 20.7. The van der Waals surface area contributed by atoms with Crippen LogP contribution in [0.3, 0.4) is 0 Å². The lowest BCUT2D eigenvalue weighted by Gasteiger charge is -2.11. The highest BCUT2D eigenvalue weighted by atomic mass is 19.1. The number of furan rings is 1. The Labute approximate surface area is 169 Å². The maximum atomic E-state index is 15.2. The first kappa shape index (κ1) is 18.5. The molecule has 4 heterocycles. The summed E-state index contributed by atoms with van der Waals surface area (Å²) in [6, 6.07) is 8.97. The highest BCUT2D eigenvalue weighted by Crippen LogP contribution is 2.32. The van der Waals surface area contributed by atoms with Gasteiger partial charge in [-0.15, -0.1) is 0 Å². The smallest absolute Gasteiger partial charge is 0.258 e. The summed E-state index contributed by atoms with van der Waals surface area (Å²) >= 11 is 0. The molecule has 0 saturated heterocycles. The van der Waals surface area contributed by atoms with Gasteiger partial charge in [-0.2, -0.15) is 0 Å². The highest BCUT2D eigenvalue weighted by Gasteiger charge is 2.22. The number of ether oxygens (including phenoxy) is 1. The van der Waals surface area contributed by atoms with E-state index in [2.05, 4.69) is 10.3 Å². The van der Waals surface area contributed by atoms with Crippen molar-refractivity contribution in [3.8, 4) is 11.4 Å². The minimum Gasteiger partial charge on any atom is -0.487 e. The fourth-order valence-corrected chi connectivity index (χ4v) is 3.61. The number of hydrogen-bond donors (Lipinski definition) is 1. The van der Waals surface area contributed by atoms with Gasteiger partial charge in [0.25, 0.3) is 5.56 Å². The number of nitrogens with zero attached hydrogens (tertiary/aromatic N) is 2. The summed E-state index contributed by atoms with van der Waals surface area (Å²) in [6.45, 7) is 1.50. The lowest BCUT2D eigenvalue weighted by molar-refractivity contribution is 0.300. The number of hydrogen-bond acceptors (Lipinski definition) is 5. The molecule has 0 aliphatic carbocycles. The number of halogens is 2. The monoisotopic (exact) mass is 409 g/mol. The Morgan fingerprint density at radius 1 is 1.20 bits per heavy atom. The van der Waals surface area contributed by atoms with E-state index >= 15 is 4.39 Å². The maximum Gasteiger partial charge on any atom is 0.258 e. The predicted molar refractivity (Wildman–Crippen MR) is 106 cm³/mol. The van der Waals surface area contributed by atoms with Crippen LogP contribution in [0.5, 0.6) is 5.75 Å².